The van der Waals surface area contributed by atoms with Gasteiger partial charge in [0.25, 0.3) is 0 Å². The molecule has 2 rings (SSSR count). The van der Waals surface area contributed by atoms with Gasteiger partial charge >= 0.3 is 0 Å². The Bertz CT molecular complexity index is 696. The zero-order chi connectivity index (χ0) is 14.0. The van der Waals surface area contributed by atoms with Gasteiger partial charge in [-0.2, -0.15) is 0 Å². The van der Waals surface area contributed by atoms with Gasteiger partial charge in [0, 0.05) is 11.1 Å². The number of thiazole rings is 1. The molecule has 19 heavy (non-hydrogen) atoms. The molecule has 1 heterocycles. The number of rotatable bonds is 4. The monoisotopic (exact) mass is 300 g/mol. The van der Waals surface area contributed by atoms with Crippen molar-refractivity contribution < 1.29 is 12.8 Å². The number of nitrogens with zero attached hydrogens (tertiary/aromatic N) is 1. The van der Waals surface area contributed by atoms with Crippen LogP contribution in [0.2, 0.25) is 0 Å². The molecule has 0 bridgehead atoms. The van der Waals surface area contributed by atoms with Gasteiger partial charge in [-0.25, -0.2) is 22.5 Å². The van der Waals surface area contributed by atoms with E-state index in [0.717, 1.165) is 11.8 Å². The van der Waals surface area contributed by atoms with Crippen molar-refractivity contribution in [2.24, 2.45) is 0 Å². The third-order valence-corrected chi connectivity index (χ3v) is 5.03. The Morgan fingerprint density at radius 2 is 2.11 bits per heavy atom. The fourth-order valence-electron chi connectivity index (χ4n) is 1.63. The summed E-state index contributed by atoms with van der Waals surface area (Å²) in [5.41, 5.74) is 1.24. The van der Waals surface area contributed by atoms with Gasteiger partial charge in [-0.1, -0.05) is 0 Å². The molecule has 0 amide bonds. The van der Waals surface area contributed by atoms with Crippen molar-refractivity contribution in [3.8, 4) is 0 Å². The number of benzene rings is 1. The third kappa shape index (κ3) is 3.37. The van der Waals surface area contributed by atoms with Crippen molar-refractivity contribution >= 4 is 21.4 Å². The quantitative estimate of drug-likeness (QED) is 0.943. The van der Waals surface area contributed by atoms with Crippen LogP contribution in [0.5, 0.6) is 0 Å². The van der Waals surface area contributed by atoms with Crippen LogP contribution in [0.1, 0.15) is 16.3 Å². The molecular weight excluding hydrogens is 287 g/mol. The molecule has 0 atom stereocenters. The number of hydrogen-bond donors (Lipinski definition) is 1. The van der Waals surface area contributed by atoms with Crippen LogP contribution in [0, 0.1) is 19.7 Å². The van der Waals surface area contributed by atoms with E-state index in [2.05, 4.69) is 9.71 Å². The Morgan fingerprint density at radius 1 is 1.37 bits per heavy atom. The van der Waals surface area contributed by atoms with Crippen LogP contribution in [0.4, 0.5) is 4.39 Å². The summed E-state index contributed by atoms with van der Waals surface area (Å²) in [4.78, 5) is 4.26. The Labute approximate surface area is 115 Å². The number of halogens is 1. The van der Waals surface area contributed by atoms with E-state index in [1.807, 2.05) is 12.3 Å². The molecule has 0 aliphatic heterocycles. The largest absolute Gasteiger partial charge is 0.245 e. The lowest BCUT2D eigenvalue weighted by Crippen LogP contribution is -2.24. The predicted molar refractivity (Wildman–Crippen MR) is 72.0 cm³/mol. The minimum Gasteiger partial charge on any atom is -0.245 e. The van der Waals surface area contributed by atoms with E-state index in [4.69, 9.17) is 0 Å². The highest BCUT2D eigenvalue weighted by Crippen LogP contribution is 2.17. The van der Waals surface area contributed by atoms with Crippen molar-refractivity contribution in [3.05, 3.63) is 45.7 Å². The maximum absolute atomic E-state index is 13.0. The third-order valence-electron chi connectivity index (χ3n) is 2.51. The highest BCUT2D eigenvalue weighted by Gasteiger charge is 2.17. The van der Waals surface area contributed by atoms with Gasteiger partial charge in [0.2, 0.25) is 10.0 Å². The fraction of sp³-hybridized carbons (Fsp3) is 0.250. The summed E-state index contributed by atoms with van der Waals surface area (Å²) in [6.07, 6.45) is 0. The van der Waals surface area contributed by atoms with Crippen molar-refractivity contribution in [2.75, 3.05) is 0 Å². The lowest BCUT2D eigenvalue weighted by atomic mass is 10.2. The molecule has 0 fully saturated rings. The number of nitrogens with one attached hydrogen (secondary N) is 1. The Morgan fingerprint density at radius 3 is 2.68 bits per heavy atom. The molecule has 1 N–H and O–H groups in total. The molecule has 0 spiro atoms. The van der Waals surface area contributed by atoms with E-state index in [9.17, 15) is 12.8 Å². The second-order valence-corrected chi connectivity index (χ2v) is 6.80. The number of aromatic nitrogens is 1. The molecule has 7 heteroatoms. The summed E-state index contributed by atoms with van der Waals surface area (Å²) in [7, 11) is -3.65. The normalized spacial score (nSPS) is 11.7. The van der Waals surface area contributed by atoms with Crippen LogP contribution in [0.15, 0.2) is 28.5 Å². The van der Waals surface area contributed by atoms with Crippen LogP contribution < -0.4 is 4.72 Å². The second kappa shape index (κ2) is 5.36. The van der Waals surface area contributed by atoms with Crippen LogP contribution >= 0.6 is 11.3 Å². The van der Waals surface area contributed by atoms with E-state index in [1.165, 1.54) is 23.5 Å². The first-order valence-corrected chi connectivity index (χ1v) is 7.91. The summed E-state index contributed by atoms with van der Waals surface area (Å²) in [6.45, 7) is 3.54. The Balaban J connectivity index is 2.18. The van der Waals surface area contributed by atoms with Gasteiger partial charge in [0.1, 0.15) is 10.8 Å². The smallest absolute Gasteiger partial charge is 0.241 e. The molecule has 2 aromatic rings. The molecule has 1 aromatic heterocycles. The fourth-order valence-corrected chi connectivity index (χ4v) is 3.65. The summed E-state index contributed by atoms with van der Waals surface area (Å²) >= 11 is 1.39. The van der Waals surface area contributed by atoms with E-state index in [1.54, 1.807) is 6.92 Å². The highest BCUT2D eigenvalue weighted by molar-refractivity contribution is 7.89. The minimum absolute atomic E-state index is 0.0854. The van der Waals surface area contributed by atoms with Crippen LogP contribution in [0.25, 0.3) is 0 Å². The second-order valence-electron chi connectivity index (χ2n) is 4.12. The summed E-state index contributed by atoms with van der Waals surface area (Å²) in [5, 5.41) is 2.55. The summed E-state index contributed by atoms with van der Waals surface area (Å²) in [6, 6.07) is 3.59. The average Bonchev–Trinajstić information content (AvgIpc) is 2.72. The van der Waals surface area contributed by atoms with Crippen LogP contribution in [-0.2, 0) is 16.6 Å². The number of aryl methyl sites for hydroxylation is 2. The van der Waals surface area contributed by atoms with E-state index in [0.29, 0.717) is 10.6 Å². The maximum Gasteiger partial charge on any atom is 0.241 e. The minimum atomic E-state index is -3.65. The number of hydrogen-bond acceptors (Lipinski definition) is 4. The zero-order valence-electron chi connectivity index (χ0n) is 10.5. The van der Waals surface area contributed by atoms with Crippen molar-refractivity contribution in [2.45, 2.75) is 25.3 Å². The standard InChI is InChI=1S/C12H13FN2O2S2/c1-8-5-10(13)3-4-11(8)19(16,17)14-6-12-15-9(2)7-18-12/h3-5,7,14H,6H2,1-2H3. The lowest BCUT2D eigenvalue weighted by Gasteiger charge is -2.08. The van der Waals surface area contributed by atoms with Gasteiger partial charge in [0.05, 0.1) is 11.4 Å². The van der Waals surface area contributed by atoms with Crippen LogP contribution in [0.3, 0.4) is 0 Å². The first-order valence-electron chi connectivity index (χ1n) is 5.55. The first-order chi connectivity index (χ1) is 8.88. The Hall–Kier alpha value is -1.31. The molecule has 0 radical (unpaired) electrons. The van der Waals surface area contributed by atoms with Gasteiger partial charge in [-0.05, 0) is 37.6 Å². The lowest BCUT2D eigenvalue weighted by molar-refractivity contribution is 0.579. The molecule has 0 aliphatic carbocycles. The molecule has 0 saturated carbocycles. The number of sulfonamides is 1. The van der Waals surface area contributed by atoms with Gasteiger partial charge in [-0.15, -0.1) is 11.3 Å². The molecule has 1 aromatic carbocycles. The van der Waals surface area contributed by atoms with Gasteiger partial charge in [-0.3, -0.25) is 0 Å². The zero-order valence-corrected chi connectivity index (χ0v) is 12.1. The summed E-state index contributed by atoms with van der Waals surface area (Å²) < 4.78 is 39.6. The molecule has 0 unspecified atom stereocenters. The Kier molecular flexibility index (Phi) is 3.98. The van der Waals surface area contributed by atoms with Crippen molar-refractivity contribution in [1.29, 1.82) is 0 Å². The molecular formula is C12H13FN2O2S2. The topological polar surface area (TPSA) is 59.1 Å². The maximum atomic E-state index is 13.0. The first kappa shape index (κ1) is 14.1. The van der Waals surface area contributed by atoms with Crippen molar-refractivity contribution in [1.82, 2.24) is 9.71 Å². The SMILES string of the molecule is Cc1csc(CNS(=O)(=O)c2ccc(F)cc2C)n1. The molecule has 102 valence electrons. The van der Waals surface area contributed by atoms with E-state index < -0.39 is 15.8 Å². The summed E-state index contributed by atoms with van der Waals surface area (Å²) in [5.74, 6) is -0.452. The molecule has 4 nitrogen and oxygen atoms in total. The van der Waals surface area contributed by atoms with Crippen LogP contribution in [-0.4, -0.2) is 13.4 Å². The van der Waals surface area contributed by atoms with Crippen molar-refractivity contribution in [3.63, 3.8) is 0 Å². The predicted octanol–water partition coefficient (Wildman–Crippen LogP) is 2.38. The average molecular weight is 300 g/mol. The highest BCUT2D eigenvalue weighted by atomic mass is 32.2. The molecule has 0 saturated heterocycles. The van der Waals surface area contributed by atoms with Gasteiger partial charge < -0.3 is 0 Å². The van der Waals surface area contributed by atoms with E-state index >= 15 is 0 Å². The van der Waals surface area contributed by atoms with E-state index in [-0.39, 0.29) is 11.4 Å². The molecule has 0 aliphatic rings. The van der Waals surface area contributed by atoms with Gasteiger partial charge in [0.15, 0.2) is 0 Å².